The molecular formula is C11H15N3. The number of allylic oxidation sites excluding steroid dienone is 1. The number of fused-ring (bicyclic) bond motifs is 2. The van der Waals surface area contributed by atoms with Crippen molar-refractivity contribution in [1.29, 1.82) is 0 Å². The second-order valence-electron chi connectivity index (χ2n) is 4.34. The van der Waals surface area contributed by atoms with Crippen LogP contribution in [0.3, 0.4) is 0 Å². The van der Waals surface area contributed by atoms with Gasteiger partial charge in [0.1, 0.15) is 0 Å². The fourth-order valence-electron chi connectivity index (χ4n) is 2.67. The Labute approximate surface area is 83.6 Å². The van der Waals surface area contributed by atoms with Crippen molar-refractivity contribution in [3.05, 3.63) is 24.0 Å². The topological polar surface area (TPSA) is 40.7 Å². The van der Waals surface area contributed by atoms with Crippen molar-refractivity contribution in [2.45, 2.75) is 12.8 Å². The lowest BCUT2D eigenvalue weighted by atomic mass is 9.77. The summed E-state index contributed by atoms with van der Waals surface area (Å²) in [6, 6.07) is 0. The number of nitrogens with one attached hydrogen (secondary N) is 2. The number of hydrogen-bond donors (Lipinski definition) is 2. The van der Waals surface area contributed by atoms with Crippen LogP contribution in [0, 0.1) is 11.8 Å². The second kappa shape index (κ2) is 3.24. The molecule has 0 aromatic carbocycles. The molecule has 0 saturated carbocycles. The zero-order valence-corrected chi connectivity index (χ0v) is 8.16. The number of piperidine rings is 1. The SMILES string of the molecule is C1=C(c2cn[nH]c2)C2CNCC(C1)C2. The van der Waals surface area contributed by atoms with Crippen LogP contribution in [0.5, 0.6) is 0 Å². The number of aromatic nitrogens is 2. The molecule has 1 aliphatic carbocycles. The highest BCUT2D eigenvalue weighted by molar-refractivity contribution is 5.67. The number of nitrogens with zero attached hydrogens (tertiary/aromatic N) is 1. The minimum Gasteiger partial charge on any atom is -0.316 e. The molecule has 2 N–H and O–H groups in total. The van der Waals surface area contributed by atoms with E-state index in [1.54, 1.807) is 0 Å². The molecule has 0 radical (unpaired) electrons. The van der Waals surface area contributed by atoms with E-state index >= 15 is 0 Å². The summed E-state index contributed by atoms with van der Waals surface area (Å²) < 4.78 is 0. The summed E-state index contributed by atoms with van der Waals surface area (Å²) in [7, 11) is 0. The Bertz CT molecular complexity index is 339. The lowest BCUT2D eigenvalue weighted by Crippen LogP contribution is -2.38. The van der Waals surface area contributed by atoms with E-state index in [2.05, 4.69) is 21.6 Å². The maximum Gasteiger partial charge on any atom is 0.0562 e. The van der Waals surface area contributed by atoms with Crippen molar-refractivity contribution in [2.75, 3.05) is 13.1 Å². The molecule has 1 aromatic heterocycles. The van der Waals surface area contributed by atoms with Gasteiger partial charge in [0.15, 0.2) is 0 Å². The molecule has 14 heavy (non-hydrogen) atoms. The van der Waals surface area contributed by atoms with Gasteiger partial charge in [0.25, 0.3) is 0 Å². The zero-order chi connectivity index (χ0) is 9.38. The molecule has 2 bridgehead atoms. The molecule has 0 spiro atoms. The molecule has 74 valence electrons. The highest BCUT2D eigenvalue weighted by Gasteiger charge is 2.28. The van der Waals surface area contributed by atoms with Gasteiger partial charge in [-0.2, -0.15) is 5.10 Å². The van der Waals surface area contributed by atoms with Gasteiger partial charge in [-0.1, -0.05) is 6.08 Å². The average molecular weight is 189 g/mol. The lowest BCUT2D eigenvalue weighted by Gasteiger charge is -2.35. The van der Waals surface area contributed by atoms with Crippen LogP contribution in [0.4, 0.5) is 0 Å². The second-order valence-corrected chi connectivity index (χ2v) is 4.34. The zero-order valence-electron chi connectivity index (χ0n) is 8.16. The van der Waals surface area contributed by atoms with E-state index in [9.17, 15) is 0 Å². The molecule has 2 heterocycles. The van der Waals surface area contributed by atoms with Crippen molar-refractivity contribution in [1.82, 2.24) is 15.5 Å². The number of rotatable bonds is 1. The largest absolute Gasteiger partial charge is 0.316 e. The molecule has 3 rings (SSSR count). The summed E-state index contributed by atoms with van der Waals surface area (Å²) >= 11 is 0. The maximum atomic E-state index is 4.02. The van der Waals surface area contributed by atoms with Crippen LogP contribution in [-0.2, 0) is 0 Å². The first kappa shape index (κ1) is 8.24. The molecule has 3 heteroatoms. The fraction of sp³-hybridized carbons (Fsp3) is 0.545. The quantitative estimate of drug-likeness (QED) is 0.701. The third kappa shape index (κ3) is 1.28. The van der Waals surface area contributed by atoms with Crippen LogP contribution < -0.4 is 5.32 Å². The smallest absolute Gasteiger partial charge is 0.0562 e. The summed E-state index contributed by atoms with van der Waals surface area (Å²) in [6.07, 6.45) is 8.92. The third-order valence-corrected chi connectivity index (χ3v) is 3.38. The number of H-pyrrole nitrogens is 1. The molecular weight excluding hydrogens is 174 g/mol. The summed E-state index contributed by atoms with van der Waals surface area (Å²) in [5.41, 5.74) is 2.76. The normalized spacial score (nSPS) is 31.3. The molecule has 1 saturated heterocycles. The Kier molecular flexibility index (Phi) is 1.91. The van der Waals surface area contributed by atoms with Crippen LogP contribution in [0.15, 0.2) is 18.5 Å². The Morgan fingerprint density at radius 2 is 2.36 bits per heavy atom. The van der Waals surface area contributed by atoms with Crippen LogP contribution >= 0.6 is 0 Å². The number of aromatic amines is 1. The molecule has 1 fully saturated rings. The predicted octanol–water partition coefficient (Wildman–Crippen LogP) is 1.42. The van der Waals surface area contributed by atoms with Gasteiger partial charge in [-0.25, -0.2) is 0 Å². The standard InChI is InChI=1S/C11H15N3/c1-2-11(10-6-13-14-7-10)9-3-8(1)4-12-5-9/h2,6-9,12H,1,3-5H2,(H,13,14). The first-order chi connectivity index (χ1) is 6.93. The Balaban J connectivity index is 1.92. The van der Waals surface area contributed by atoms with Crippen molar-refractivity contribution in [3.63, 3.8) is 0 Å². The van der Waals surface area contributed by atoms with Crippen LogP contribution in [0.1, 0.15) is 18.4 Å². The van der Waals surface area contributed by atoms with Crippen LogP contribution in [0.2, 0.25) is 0 Å². The van der Waals surface area contributed by atoms with E-state index in [1.165, 1.54) is 30.5 Å². The van der Waals surface area contributed by atoms with Gasteiger partial charge in [0.2, 0.25) is 0 Å². The van der Waals surface area contributed by atoms with E-state index in [4.69, 9.17) is 0 Å². The highest BCUT2D eigenvalue weighted by atomic mass is 15.1. The van der Waals surface area contributed by atoms with Crippen LogP contribution in [0.25, 0.3) is 5.57 Å². The minimum atomic E-state index is 0.708. The van der Waals surface area contributed by atoms with E-state index in [-0.39, 0.29) is 0 Å². The Morgan fingerprint density at radius 1 is 1.36 bits per heavy atom. The Hall–Kier alpha value is -1.09. The van der Waals surface area contributed by atoms with Gasteiger partial charge >= 0.3 is 0 Å². The first-order valence-electron chi connectivity index (χ1n) is 5.33. The van der Waals surface area contributed by atoms with Crippen LogP contribution in [-0.4, -0.2) is 23.3 Å². The van der Waals surface area contributed by atoms with Gasteiger partial charge in [0.05, 0.1) is 6.20 Å². The monoisotopic (exact) mass is 189 g/mol. The van der Waals surface area contributed by atoms with E-state index in [0.29, 0.717) is 5.92 Å². The van der Waals surface area contributed by atoms with Crippen molar-refractivity contribution in [3.8, 4) is 0 Å². The number of hydrogen-bond acceptors (Lipinski definition) is 2. The summed E-state index contributed by atoms with van der Waals surface area (Å²) in [5, 5.41) is 10.4. The van der Waals surface area contributed by atoms with Gasteiger partial charge in [0, 0.05) is 18.3 Å². The first-order valence-corrected chi connectivity index (χ1v) is 5.33. The molecule has 3 nitrogen and oxygen atoms in total. The molecule has 2 unspecified atom stereocenters. The predicted molar refractivity (Wildman–Crippen MR) is 55.6 cm³/mol. The van der Waals surface area contributed by atoms with E-state index in [1.807, 2.05) is 12.4 Å². The molecule has 2 aliphatic rings. The van der Waals surface area contributed by atoms with Crippen molar-refractivity contribution in [2.24, 2.45) is 11.8 Å². The maximum absolute atomic E-state index is 4.02. The van der Waals surface area contributed by atoms with Gasteiger partial charge < -0.3 is 5.32 Å². The Morgan fingerprint density at radius 3 is 3.21 bits per heavy atom. The fourth-order valence-corrected chi connectivity index (χ4v) is 2.67. The van der Waals surface area contributed by atoms with Crippen molar-refractivity contribution < 1.29 is 0 Å². The van der Waals surface area contributed by atoms with E-state index in [0.717, 1.165) is 12.5 Å². The average Bonchev–Trinajstić information content (AvgIpc) is 2.71. The van der Waals surface area contributed by atoms with E-state index < -0.39 is 0 Å². The summed E-state index contributed by atoms with van der Waals surface area (Å²) in [5.74, 6) is 1.57. The lowest BCUT2D eigenvalue weighted by molar-refractivity contribution is 0.320. The van der Waals surface area contributed by atoms with Gasteiger partial charge in [-0.05, 0) is 36.8 Å². The highest BCUT2D eigenvalue weighted by Crippen LogP contribution is 2.36. The molecule has 0 amide bonds. The minimum absolute atomic E-state index is 0.708. The van der Waals surface area contributed by atoms with Gasteiger partial charge in [-0.3, -0.25) is 5.10 Å². The summed E-state index contributed by atoms with van der Waals surface area (Å²) in [6.45, 7) is 2.33. The summed E-state index contributed by atoms with van der Waals surface area (Å²) in [4.78, 5) is 0. The molecule has 1 aromatic rings. The van der Waals surface area contributed by atoms with Crippen molar-refractivity contribution >= 4 is 5.57 Å². The van der Waals surface area contributed by atoms with Gasteiger partial charge in [-0.15, -0.1) is 0 Å². The third-order valence-electron chi connectivity index (χ3n) is 3.38. The molecule has 1 aliphatic heterocycles. The molecule has 2 atom stereocenters.